The van der Waals surface area contributed by atoms with Crippen LogP contribution in [0.15, 0.2) is 61.2 Å². The van der Waals surface area contributed by atoms with Gasteiger partial charge in [0.2, 0.25) is 5.91 Å². The van der Waals surface area contributed by atoms with Crippen molar-refractivity contribution in [1.82, 2.24) is 19.9 Å². The normalized spacial score (nSPS) is 17.5. The third-order valence-corrected chi connectivity index (χ3v) is 6.16. The smallest absolute Gasteiger partial charge is 0.243 e. The highest BCUT2D eigenvalue weighted by atomic mass is 16.5. The highest BCUT2D eigenvalue weighted by Gasteiger charge is 2.35. The number of fused-ring (bicyclic) bond motifs is 4. The number of H-pyrrole nitrogens is 1. The number of anilines is 3. The van der Waals surface area contributed by atoms with Gasteiger partial charge in [0.1, 0.15) is 0 Å². The molecular weight excluding hydrogens is 418 g/mol. The molecule has 0 radical (unpaired) electrons. The third-order valence-electron chi connectivity index (χ3n) is 6.16. The van der Waals surface area contributed by atoms with Gasteiger partial charge >= 0.3 is 0 Å². The summed E-state index contributed by atoms with van der Waals surface area (Å²) in [5, 5.41) is 4.02. The van der Waals surface area contributed by atoms with Crippen molar-refractivity contribution in [1.29, 1.82) is 0 Å². The minimum atomic E-state index is -0.0986. The quantitative estimate of drug-likeness (QED) is 0.502. The van der Waals surface area contributed by atoms with Crippen LogP contribution in [-0.2, 0) is 9.53 Å². The van der Waals surface area contributed by atoms with Crippen molar-refractivity contribution in [3.05, 3.63) is 61.2 Å². The number of ether oxygens (including phenoxy) is 1. The van der Waals surface area contributed by atoms with Gasteiger partial charge in [-0.2, -0.15) is 0 Å². The first kappa shape index (κ1) is 19.7. The molecule has 0 aliphatic carbocycles. The van der Waals surface area contributed by atoms with Gasteiger partial charge in [-0.15, -0.1) is 0 Å². The Morgan fingerprint density at radius 3 is 3.03 bits per heavy atom. The second kappa shape index (κ2) is 8.18. The first-order valence-electron chi connectivity index (χ1n) is 11.0. The molecule has 1 atom stereocenters. The average Bonchev–Trinajstić information content (AvgIpc) is 3.33. The van der Waals surface area contributed by atoms with Gasteiger partial charge in [-0.3, -0.25) is 9.78 Å². The lowest BCUT2D eigenvalue weighted by atomic mass is 10.1. The number of nitrogens with one attached hydrogen (secondary N) is 2. The van der Waals surface area contributed by atoms with Gasteiger partial charge < -0.3 is 24.8 Å². The number of benzene rings is 1. The highest BCUT2D eigenvalue weighted by Crippen LogP contribution is 2.36. The maximum absolute atomic E-state index is 12.8. The molecule has 9 nitrogen and oxygen atoms in total. The Morgan fingerprint density at radius 1 is 1.21 bits per heavy atom. The first-order valence-corrected chi connectivity index (χ1v) is 11.0. The molecule has 1 fully saturated rings. The van der Waals surface area contributed by atoms with Crippen molar-refractivity contribution in [3.63, 3.8) is 0 Å². The monoisotopic (exact) mass is 441 g/mol. The molecular formula is C24H23N7O2. The van der Waals surface area contributed by atoms with Crippen molar-refractivity contribution >= 4 is 34.0 Å². The summed E-state index contributed by atoms with van der Waals surface area (Å²) >= 11 is 0. The molecule has 1 saturated heterocycles. The molecule has 2 N–H and O–H groups in total. The number of aromatic amines is 1. The molecule has 166 valence electrons. The number of pyridine rings is 1. The number of carbonyl (C=O) groups excluding carboxylic acids is 1. The van der Waals surface area contributed by atoms with Gasteiger partial charge in [0, 0.05) is 53.8 Å². The average molecular weight is 441 g/mol. The fraction of sp³-hybridized carbons (Fsp3) is 0.250. The zero-order valence-corrected chi connectivity index (χ0v) is 17.9. The van der Waals surface area contributed by atoms with Crippen LogP contribution in [0.5, 0.6) is 0 Å². The van der Waals surface area contributed by atoms with E-state index >= 15 is 0 Å². The fourth-order valence-electron chi connectivity index (χ4n) is 4.61. The van der Waals surface area contributed by atoms with E-state index in [1.807, 2.05) is 41.6 Å². The summed E-state index contributed by atoms with van der Waals surface area (Å²) in [4.78, 5) is 34.1. The lowest BCUT2D eigenvalue weighted by molar-refractivity contribution is -0.115. The van der Waals surface area contributed by atoms with Gasteiger partial charge in [0.05, 0.1) is 37.7 Å². The van der Waals surface area contributed by atoms with E-state index in [0.717, 1.165) is 40.2 Å². The predicted octanol–water partition coefficient (Wildman–Crippen LogP) is 2.68. The van der Waals surface area contributed by atoms with Crippen molar-refractivity contribution in [2.24, 2.45) is 0 Å². The number of amides is 1. The van der Waals surface area contributed by atoms with Gasteiger partial charge in [-0.25, -0.2) is 9.97 Å². The van der Waals surface area contributed by atoms with Crippen LogP contribution in [0, 0.1) is 0 Å². The molecule has 3 aromatic heterocycles. The van der Waals surface area contributed by atoms with Gasteiger partial charge in [0.25, 0.3) is 0 Å². The molecule has 6 rings (SSSR count). The molecule has 9 heteroatoms. The minimum Gasteiger partial charge on any atom is -0.377 e. The Labute approximate surface area is 190 Å². The lowest BCUT2D eigenvalue weighted by Crippen LogP contribution is -2.56. The molecule has 1 amide bonds. The van der Waals surface area contributed by atoms with Crippen LogP contribution in [0.2, 0.25) is 0 Å². The molecule has 5 heterocycles. The Kier molecular flexibility index (Phi) is 4.88. The molecule has 2 aliphatic heterocycles. The molecule has 0 saturated carbocycles. The van der Waals surface area contributed by atoms with Crippen LogP contribution in [0.4, 0.5) is 17.2 Å². The van der Waals surface area contributed by atoms with Crippen molar-refractivity contribution in [2.45, 2.75) is 6.04 Å². The second-order valence-corrected chi connectivity index (χ2v) is 8.23. The molecule has 2 aliphatic rings. The molecule has 0 bridgehead atoms. The van der Waals surface area contributed by atoms with E-state index in [1.54, 1.807) is 24.5 Å². The SMILES string of the molecule is O=C(CN1C[C@@H]2COCCN2c2nc(-c3cccc4[nH]ccc34)ncc21)Nc1ccncc1. The molecule has 33 heavy (non-hydrogen) atoms. The summed E-state index contributed by atoms with van der Waals surface area (Å²) in [6.45, 7) is 2.90. The van der Waals surface area contributed by atoms with Crippen LogP contribution < -0.4 is 15.1 Å². The van der Waals surface area contributed by atoms with E-state index in [0.29, 0.717) is 25.6 Å². The summed E-state index contributed by atoms with van der Waals surface area (Å²) < 4.78 is 5.74. The highest BCUT2D eigenvalue weighted by molar-refractivity contribution is 5.96. The number of rotatable bonds is 4. The zero-order valence-electron chi connectivity index (χ0n) is 17.9. The lowest BCUT2D eigenvalue weighted by Gasteiger charge is -2.45. The largest absolute Gasteiger partial charge is 0.377 e. The Bertz CT molecular complexity index is 1310. The first-order chi connectivity index (χ1) is 16.3. The fourth-order valence-corrected chi connectivity index (χ4v) is 4.61. The van der Waals surface area contributed by atoms with Crippen LogP contribution in [-0.4, -0.2) is 64.7 Å². The van der Waals surface area contributed by atoms with Crippen molar-refractivity contribution < 1.29 is 9.53 Å². The van der Waals surface area contributed by atoms with Gasteiger partial charge in [-0.05, 0) is 24.3 Å². The van der Waals surface area contributed by atoms with E-state index < -0.39 is 0 Å². The number of aromatic nitrogens is 4. The number of carbonyl (C=O) groups is 1. The summed E-state index contributed by atoms with van der Waals surface area (Å²) in [5.41, 5.74) is 3.62. The van der Waals surface area contributed by atoms with E-state index in [-0.39, 0.29) is 18.5 Å². The van der Waals surface area contributed by atoms with Gasteiger partial charge in [-0.1, -0.05) is 12.1 Å². The number of hydrogen-bond acceptors (Lipinski definition) is 7. The summed E-state index contributed by atoms with van der Waals surface area (Å²) in [7, 11) is 0. The minimum absolute atomic E-state index is 0.0986. The van der Waals surface area contributed by atoms with Crippen LogP contribution in [0.1, 0.15) is 0 Å². The summed E-state index contributed by atoms with van der Waals surface area (Å²) in [6, 6.07) is 11.8. The molecule has 0 spiro atoms. The topological polar surface area (TPSA) is 99.3 Å². The van der Waals surface area contributed by atoms with E-state index in [9.17, 15) is 4.79 Å². The standard InChI is InChI=1S/C24H23N7O2/c32-22(28-16-4-7-25-8-5-16)14-30-13-17-15-33-11-10-31(17)24-21(30)12-27-23(29-24)19-2-1-3-20-18(19)6-9-26-20/h1-9,12,17,26H,10-11,13-15H2,(H,25,28,32)/t17-/m1/s1. The van der Waals surface area contributed by atoms with Gasteiger partial charge in [0.15, 0.2) is 11.6 Å². The van der Waals surface area contributed by atoms with Crippen LogP contribution in [0.25, 0.3) is 22.3 Å². The van der Waals surface area contributed by atoms with Crippen LogP contribution in [0.3, 0.4) is 0 Å². The molecule has 4 aromatic rings. The van der Waals surface area contributed by atoms with Crippen LogP contribution >= 0.6 is 0 Å². The second-order valence-electron chi connectivity index (χ2n) is 8.23. The Morgan fingerprint density at radius 2 is 2.12 bits per heavy atom. The van der Waals surface area contributed by atoms with Crippen molar-refractivity contribution in [2.75, 3.05) is 48.0 Å². The molecule has 0 unspecified atom stereocenters. The predicted molar refractivity (Wildman–Crippen MR) is 126 cm³/mol. The third kappa shape index (κ3) is 3.66. The van der Waals surface area contributed by atoms with E-state index in [1.165, 1.54) is 0 Å². The van der Waals surface area contributed by atoms with E-state index in [4.69, 9.17) is 14.7 Å². The summed E-state index contributed by atoms with van der Waals surface area (Å²) in [6.07, 6.45) is 7.08. The molecule has 1 aromatic carbocycles. The maximum Gasteiger partial charge on any atom is 0.243 e. The number of nitrogens with zero attached hydrogens (tertiary/aromatic N) is 5. The van der Waals surface area contributed by atoms with Crippen molar-refractivity contribution in [3.8, 4) is 11.4 Å². The maximum atomic E-state index is 12.8. The Balaban J connectivity index is 1.35. The Hall–Kier alpha value is -3.98. The summed E-state index contributed by atoms with van der Waals surface area (Å²) in [5.74, 6) is 1.43. The van der Waals surface area contributed by atoms with E-state index in [2.05, 4.69) is 20.2 Å². The number of hydrogen-bond donors (Lipinski definition) is 2. The zero-order chi connectivity index (χ0) is 22.2. The number of morpholine rings is 1.